The number of hydrogen-bond acceptors (Lipinski definition) is 6. The standard InChI is InChI=1S/C15H21NO5S2/c1-21-15(18)13(8-9-22-2)16-14(17)12-6-4-11(5-7-12)10-23(3,19)20/h4-7,13H,8-10H2,1-3H3,(H,16,17)/t13-/m1/s1. The van der Waals surface area contributed by atoms with E-state index in [4.69, 9.17) is 4.74 Å². The number of nitrogens with one attached hydrogen (secondary N) is 1. The fraction of sp³-hybridized carbons (Fsp3) is 0.467. The Hall–Kier alpha value is -1.54. The molecule has 0 bridgehead atoms. The Kier molecular flexibility index (Phi) is 7.57. The molecule has 23 heavy (non-hydrogen) atoms. The van der Waals surface area contributed by atoms with E-state index in [1.165, 1.54) is 7.11 Å². The van der Waals surface area contributed by atoms with Crippen molar-refractivity contribution in [2.45, 2.75) is 18.2 Å². The highest BCUT2D eigenvalue weighted by molar-refractivity contribution is 7.98. The van der Waals surface area contributed by atoms with Gasteiger partial charge in [0.05, 0.1) is 12.9 Å². The fourth-order valence-corrected chi connectivity index (χ4v) is 3.19. The van der Waals surface area contributed by atoms with Crippen LogP contribution in [0.4, 0.5) is 0 Å². The van der Waals surface area contributed by atoms with Crippen LogP contribution in [-0.4, -0.2) is 51.7 Å². The van der Waals surface area contributed by atoms with E-state index in [-0.39, 0.29) is 5.75 Å². The molecule has 0 aromatic heterocycles. The number of carbonyl (C=O) groups excluding carboxylic acids is 2. The second-order valence-electron chi connectivity index (χ2n) is 5.10. The van der Waals surface area contributed by atoms with Crippen molar-refractivity contribution in [3.63, 3.8) is 0 Å². The van der Waals surface area contributed by atoms with Crippen LogP contribution >= 0.6 is 11.8 Å². The average Bonchev–Trinajstić information content (AvgIpc) is 2.49. The molecular formula is C15H21NO5S2. The molecule has 8 heteroatoms. The van der Waals surface area contributed by atoms with Crippen LogP contribution in [0.1, 0.15) is 22.3 Å². The molecule has 0 fully saturated rings. The number of thioether (sulfide) groups is 1. The van der Waals surface area contributed by atoms with Crippen molar-refractivity contribution in [3.8, 4) is 0 Å². The molecule has 1 aromatic rings. The summed E-state index contributed by atoms with van der Waals surface area (Å²) in [4.78, 5) is 23.9. The van der Waals surface area contributed by atoms with Crippen LogP contribution in [0.15, 0.2) is 24.3 Å². The first-order valence-corrected chi connectivity index (χ1v) is 10.4. The second kappa shape index (κ2) is 8.93. The molecule has 0 radical (unpaired) electrons. The molecule has 0 saturated carbocycles. The molecule has 0 heterocycles. The first kappa shape index (κ1) is 19.5. The largest absolute Gasteiger partial charge is 0.467 e. The van der Waals surface area contributed by atoms with E-state index in [0.29, 0.717) is 23.3 Å². The minimum Gasteiger partial charge on any atom is -0.467 e. The molecular weight excluding hydrogens is 338 g/mol. The lowest BCUT2D eigenvalue weighted by molar-refractivity contribution is -0.142. The summed E-state index contributed by atoms with van der Waals surface area (Å²) in [7, 11) is -1.84. The molecule has 128 valence electrons. The van der Waals surface area contributed by atoms with E-state index in [0.717, 1.165) is 6.26 Å². The van der Waals surface area contributed by atoms with E-state index >= 15 is 0 Å². The number of rotatable bonds is 8. The van der Waals surface area contributed by atoms with Crippen LogP contribution in [0.2, 0.25) is 0 Å². The van der Waals surface area contributed by atoms with Crippen molar-refractivity contribution in [2.75, 3.05) is 25.4 Å². The lowest BCUT2D eigenvalue weighted by Crippen LogP contribution is -2.41. The van der Waals surface area contributed by atoms with E-state index in [2.05, 4.69) is 5.32 Å². The molecule has 1 atom stereocenters. The SMILES string of the molecule is COC(=O)[C@@H](CCSC)NC(=O)c1ccc(CS(C)(=O)=O)cc1. The Morgan fingerprint density at radius 2 is 1.87 bits per heavy atom. The van der Waals surface area contributed by atoms with E-state index in [9.17, 15) is 18.0 Å². The highest BCUT2D eigenvalue weighted by Gasteiger charge is 2.21. The van der Waals surface area contributed by atoms with Crippen LogP contribution in [0.5, 0.6) is 0 Å². The quantitative estimate of drug-likeness (QED) is 0.703. The zero-order valence-electron chi connectivity index (χ0n) is 13.4. The lowest BCUT2D eigenvalue weighted by Gasteiger charge is -2.16. The van der Waals surface area contributed by atoms with E-state index in [1.807, 2.05) is 6.26 Å². The number of methoxy groups -OCH3 is 1. The number of sulfone groups is 1. The third-order valence-corrected chi connectivity index (χ3v) is 4.55. The molecule has 1 amide bonds. The maximum Gasteiger partial charge on any atom is 0.328 e. The van der Waals surface area contributed by atoms with Gasteiger partial charge < -0.3 is 10.1 Å². The Morgan fingerprint density at radius 3 is 2.35 bits per heavy atom. The van der Waals surface area contributed by atoms with Gasteiger partial charge in [0, 0.05) is 11.8 Å². The Morgan fingerprint density at radius 1 is 1.26 bits per heavy atom. The van der Waals surface area contributed by atoms with E-state index < -0.39 is 27.8 Å². The van der Waals surface area contributed by atoms with Gasteiger partial charge in [-0.05, 0) is 36.1 Å². The zero-order valence-corrected chi connectivity index (χ0v) is 15.0. The lowest BCUT2D eigenvalue weighted by atomic mass is 10.1. The van der Waals surface area contributed by atoms with Crippen molar-refractivity contribution in [3.05, 3.63) is 35.4 Å². The molecule has 1 rings (SSSR count). The average molecular weight is 359 g/mol. The third kappa shape index (κ3) is 7.04. The molecule has 0 spiro atoms. The van der Waals surface area contributed by atoms with Gasteiger partial charge in [-0.15, -0.1) is 0 Å². The molecule has 6 nitrogen and oxygen atoms in total. The molecule has 0 unspecified atom stereocenters. The summed E-state index contributed by atoms with van der Waals surface area (Å²) in [5, 5.41) is 2.64. The smallest absolute Gasteiger partial charge is 0.328 e. The number of carbonyl (C=O) groups is 2. The van der Waals surface area contributed by atoms with Crippen LogP contribution in [-0.2, 0) is 25.1 Å². The first-order chi connectivity index (χ1) is 10.8. The van der Waals surface area contributed by atoms with Crippen molar-refractivity contribution >= 4 is 33.5 Å². The van der Waals surface area contributed by atoms with Gasteiger partial charge in [0.25, 0.3) is 5.91 Å². The van der Waals surface area contributed by atoms with Crippen molar-refractivity contribution in [1.82, 2.24) is 5.32 Å². The molecule has 0 aliphatic heterocycles. The van der Waals surface area contributed by atoms with Gasteiger partial charge in [-0.2, -0.15) is 11.8 Å². The number of esters is 1. The van der Waals surface area contributed by atoms with Crippen LogP contribution in [0, 0.1) is 0 Å². The second-order valence-corrected chi connectivity index (χ2v) is 8.22. The van der Waals surface area contributed by atoms with Crippen molar-refractivity contribution in [2.24, 2.45) is 0 Å². The topological polar surface area (TPSA) is 89.5 Å². The van der Waals surface area contributed by atoms with Crippen molar-refractivity contribution in [1.29, 1.82) is 0 Å². The summed E-state index contributed by atoms with van der Waals surface area (Å²) in [6.45, 7) is 0. The summed E-state index contributed by atoms with van der Waals surface area (Å²) in [5.41, 5.74) is 0.969. The fourth-order valence-electron chi connectivity index (χ4n) is 1.92. The predicted octanol–water partition coefficient (Wildman–Crippen LogP) is 1.26. The van der Waals surface area contributed by atoms with Gasteiger partial charge in [0.15, 0.2) is 9.84 Å². The van der Waals surface area contributed by atoms with Gasteiger partial charge in [-0.1, -0.05) is 12.1 Å². The minimum absolute atomic E-state index is 0.0760. The van der Waals surface area contributed by atoms with Crippen LogP contribution in [0.25, 0.3) is 0 Å². The number of ether oxygens (including phenoxy) is 1. The third-order valence-electron chi connectivity index (χ3n) is 3.05. The normalized spacial score (nSPS) is 12.5. The Bertz CT molecular complexity index is 640. The molecule has 1 N–H and O–H groups in total. The molecule has 0 aliphatic carbocycles. The maximum atomic E-state index is 12.2. The Labute approximate surface area is 140 Å². The van der Waals surface area contributed by atoms with Crippen LogP contribution < -0.4 is 5.32 Å². The molecule has 1 aromatic carbocycles. The monoisotopic (exact) mass is 359 g/mol. The Balaban J connectivity index is 2.77. The molecule has 0 saturated heterocycles. The number of hydrogen-bond donors (Lipinski definition) is 1. The summed E-state index contributed by atoms with van der Waals surface area (Å²) in [5.74, 6) is -0.241. The highest BCUT2D eigenvalue weighted by atomic mass is 32.2. The van der Waals surface area contributed by atoms with E-state index in [1.54, 1.807) is 36.0 Å². The predicted molar refractivity (Wildman–Crippen MR) is 91.3 cm³/mol. The number of amides is 1. The molecule has 0 aliphatic rings. The minimum atomic E-state index is -3.12. The van der Waals surface area contributed by atoms with Gasteiger partial charge in [0.2, 0.25) is 0 Å². The van der Waals surface area contributed by atoms with Crippen LogP contribution in [0.3, 0.4) is 0 Å². The maximum absolute atomic E-state index is 12.2. The van der Waals surface area contributed by atoms with Crippen molar-refractivity contribution < 1.29 is 22.7 Å². The summed E-state index contributed by atoms with van der Waals surface area (Å²) in [6.07, 6.45) is 3.54. The van der Waals surface area contributed by atoms with Gasteiger partial charge in [-0.3, -0.25) is 4.79 Å². The van der Waals surface area contributed by atoms with Gasteiger partial charge in [-0.25, -0.2) is 13.2 Å². The summed E-state index contributed by atoms with van der Waals surface area (Å²) >= 11 is 1.57. The number of benzene rings is 1. The van der Waals surface area contributed by atoms with Gasteiger partial charge in [0.1, 0.15) is 6.04 Å². The first-order valence-electron chi connectivity index (χ1n) is 6.91. The summed E-state index contributed by atoms with van der Waals surface area (Å²) in [6, 6.07) is 5.56. The highest BCUT2D eigenvalue weighted by Crippen LogP contribution is 2.09. The zero-order chi connectivity index (χ0) is 17.5. The van der Waals surface area contributed by atoms with Gasteiger partial charge >= 0.3 is 5.97 Å². The summed E-state index contributed by atoms with van der Waals surface area (Å²) < 4.78 is 27.2.